The monoisotopic (exact) mass is 272 g/mol. The van der Waals surface area contributed by atoms with Crippen molar-refractivity contribution in [2.24, 2.45) is 11.7 Å². The molecule has 3 N–H and O–H groups in total. The minimum Gasteiger partial charge on any atom is -0.434 e. The number of nitrogens with two attached hydrogens (primary N) is 1. The van der Waals surface area contributed by atoms with Gasteiger partial charge in [-0.15, -0.1) is 0 Å². The molecule has 0 bridgehead atoms. The van der Waals surface area contributed by atoms with Crippen molar-refractivity contribution in [2.45, 2.75) is 26.5 Å². The highest BCUT2D eigenvalue weighted by Gasteiger charge is 2.18. The van der Waals surface area contributed by atoms with Crippen molar-refractivity contribution in [3.8, 4) is 5.75 Å². The van der Waals surface area contributed by atoms with Gasteiger partial charge < -0.3 is 15.8 Å². The Balaban J connectivity index is 2.81. The summed E-state index contributed by atoms with van der Waals surface area (Å²) in [6.07, 6.45) is 0. The second kappa shape index (κ2) is 7.04. The van der Waals surface area contributed by atoms with Crippen molar-refractivity contribution >= 4 is 5.91 Å². The molecule has 0 aliphatic rings. The van der Waals surface area contributed by atoms with E-state index < -0.39 is 12.7 Å². The molecule has 0 heterocycles. The van der Waals surface area contributed by atoms with E-state index in [9.17, 15) is 13.6 Å². The maximum absolute atomic E-state index is 12.3. The lowest BCUT2D eigenvalue weighted by atomic mass is 10.1. The Morgan fingerprint density at radius 1 is 1.37 bits per heavy atom. The summed E-state index contributed by atoms with van der Waals surface area (Å²) in [5.41, 5.74) is 5.90. The van der Waals surface area contributed by atoms with Gasteiger partial charge in [-0.25, -0.2) is 0 Å². The van der Waals surface area contributed by atoms with Crippen LogP contribution in [-0.4, -0.2) is 19.1 Å². The van der Waals surface area contributed by atoms with E-state index in [4.69, 9.17) is 5.73 Å². The summed E-state index contributed by atoms with van der Waals surface area (Å²) >= 11 is 0. The van der Waals surface area contributed by atoms with Gasteiger partial charge in [0.25, 0.3) is 0 Å². The summed E-state index contributed by atoms with van der Waals surface area (Å²) < 4.78 is 29.0. The number of hydrogen-bond acceptors (Lipinski definition) is 3. The zero-order valence-corrected chi connectivity index (χ0v) is 10.9. The number of alkyl halides is 2. The maximum Gasteiger partial charge on any atom is 0.387 e. The van der Waals surface area contributed by atoms with Crippen LogP contribution in [0.1, 0.15) is 25.5 Å². The molecule has 0 radical (unpaired) electrons. The van der Waals surface area contributed by atoms with Gasteiger partial charge >= 0.3 is 6.61 Å². The van der Waals surface area contributed by atoms with Crippen LogP contribution in [-0.2, 0) is 4.79 Å². The first-order valence-electron chi connectivity index (χ1n) is 5.99. The Morgan fingerprint density at radius 2 is 2.00 bits per heavy atom. The SMILES string of the molecule is CC(CN)C(=O)NC(C)c1ccccc1OC(F)F. The third kappa shape index (κ3) is 4.48. The summed E-state index contributed by atoms with van der Waals surface area (Å²) in [6.45, 7) is 0.735. The van der Waals surface area contributed by atoms with E-state index in [1.165, 1.54) is 6.07 Å². The van der Waals surface area contributed by atoms with Gasteiger partial charge in [-0.05, 0) is 13.0 Å². The molecule has 19 heavy (non-hydrogen) atoms. The number of nitrogens with one attached hydrogen (secondary N) is 1. The molecule has 0 saturated carbocycles. The normalized spacial score (nSPS) is 14.0. The summed E-state index contributed by atoms with van der Waals surface area (Å²) in [4.78, 5) is 11.7. The van der Waals surface area contributed by atoms with Crippen LogP contribution in [0.5, 0.6) is 5.75 Å². The van der Waals surface area contributed by atoms with Crippen LogP contribution in [0.25, 0.3) is 0 Å². The Hall–Kier alpha value is -1.69. The third-order valence-corrected chi connectivity index (χ3v) is 2.76. The Morgan fingerprint density at radius 3 is 2.58 bits per heavy atom. The molecule has 0 aliphatic heterocycles. The van der Waals surface area contributed by atoms with Gasteiger partial charge in [0.1, 0.15) is 5.75 Å². The number of halogens is 2. The van der Waals surface area contributed by atoms with Crippen LogP contribution in [0.3, 0.4) is 0 Å². The standard InChI is InChI=1S/C13H18F2N2O2/c1-8(7-16)12(18)17-9(2)10-5-3-4-6-11(10)19-13(14)15/h3-6,8-9,13H,7,16H2,1-2H3,(H,17,18). The molecule has 1 aromatic carbocycles. The Labute approximate surface area is 110 Å². The second-order valence-electron chi connectivity index (χ2n) is 4.28. The number of para-hydroxylation sites is 1. The first kappa shape index (κ1) is 15.4. The highest BCUT2D eigenvalue weighted by molar-refractivity contribution is 5.79. The van der Waals surface area contributed by atoms with Gasteiger partial charge in [0.2, 0.25) is 5.91 Å². The van der Waals surface area contributed by atoms with Crippen LogP contribution in [0, 0.1) is 5.92 Å². The van der Waals surface area contributed by atoms with Crippen LogP contribution in [0.4, 0.5) is 8.78 Å². The van der Waals surface area contributed by atoms with Gasteiger partial charge in [-0.3, -0.25) is 4.79 Å². The fourth-order valence-electron chi connectivity index (χ4n) is 1.58. The van der Waals surface area contributed by atoms with Gasteiger partial charge in [-0.2, -0.15) is 8.78 Å². The van der Waals surface area contributed by atoms with Crippen LogP contribution >= 0.6 is 0 Å². The molecule has 0 spiro atoms. The topological polar surface area (TPSA) is 64.4 Å². The van der Waals surface area contributed by atoms with Crippen LogP contribution in [0.2, 0.25) is 0 Å². The number of carbonyl (C=O) groups is 1. The van der Waals surface area contributed by atoms with Gasteiger partial charge in [0, 0.05) is 18.0 Å². The van der Waals surface area contributed by atoms with E-state index in [1.54, 1.807) is 32.0 Å². The number of benzene rings is 1. The van der Waals surface area contributed by atoms with Gasteiger partial charge in [0.15, 0.2) is 0 Å². The molecule has 6 heteroatoms. The zero-order chi connectivity index (χ0) is 14.4. The van der Waals surface area contributed by atoms with E-state index in [2.05, 4.69) is 10.1 Å². The van der Waals surface area contributed by atoms with Crippen molar-refractivity contribution in [1.29, 1.82) is 0 Å². The van der Waals surface area contributed by atoms with Crippen molar-refractivity contribution in [3.63, 3.8) is 0 Å². The third-order valence-electron chi connectivity index (χ3n) is 2.76. The quantitative estimate of drug-likeness (QED) is 0.833. The number of rotatable bonds is 6. The molecule has 106 valence electrons. The highest BCUT2D eigenvalue weighted by atomic mass is 19.3. The first-order chi connectivity index (χ1) is 8.95. The number of hydrogen-bond donors (Lipinski definition) is 2. The van der Waals surface area contributed by atoms with Crippen molar-refractivity contribution in [1.82, 2.24) is 5.32 Å². The zero-order valence-electron chi connectivity index (χ0n) is 10.9. The predicted octanol–water partition coefficient (Wildman–Crippen LogP) is 2.06. The molecule has 1 amide bonds. The molecule has 0 aromatic heterocycles. The Bertz CT molecular complexity index is 427. The predicted molar refractivity (Wildman–Crippen MR) is 67.9 cm³/mol. The smallest absolute Gasteiger partial charge is 0.387 e. The molecular weight excluding hydrogens is 254 g/mol. The van der Waals surface area contributed by atoms with Crippen molar-refractivity contribution in [2.75, 3.05) is 6.54 Å². The van der Waals surface area contributed by atoms with Gasteiger partial charge in [0.05, 0.1) is 6.04 Å². The summed E-state index contributed by atoms with van der Waals surface area (Å²) in [5.74, 6) is -0.488. The number of amides is 1. The lowest BCUT2D eigenvalue weighted by Crippen LogP contribution is -2.35. The molecule has 2 unspecified atom stereocenters. The van der Waals surface area contributed by atoms with E-state index in [0.29, 0.717) is 5.56 Å². The van der Waals surface area contributed by atoms with E-state index >= 15 is 0 Å². The van der Waals surface area contributed by atoms with Crippen LogP contribution in [0.15, 0.2) is 24.3 Å². The van der Waals surface area contributed by atoms with Gasteiger partial charge in [-0.1, -0.05) is 25.1 Å². The summed E-state index contributed by atoms with van der Waals surface area (Å²) in [5, 5.41) is 2.72. The summed E-state index contributed by atoms with van der Waals surface area (Å²) in [7, 11) is 0. The lowest BCUT2D eigenvalue weighted by molar-refractivity contribution is -0.124. The minimum absolute atomic E-state index is 0.0608. The van der Waals surface area contributed by atoms with Crippen LogP contribution < -0.4 is 15.8 Å². The van der Waals surface area contributed by atoms with Crippen molar-refractivity contribution < 1.29 is 18.3 Å². The molecule has 0 saturated heterocycles. The molecule has 1 aromatic rings. The minimum atomic E-state index is -2.90. The highest BCUT2D eigenvalue weighted by Crippen LogP contribution is 2.26. The van der Waals surface area contributed by atoms with E-state index in [-0.39, 0.29) is 24.1 Å². The fourth-order valence-corrected chi connectivity index (χ4v) is 1.58. The van der Waals surface area contributed by atoms with Crippen molar-refractivity contribution in [3.05, 3.63) is 29.8 Å². The number of ether oxygens (including phenoxy) is 1. The Kier molecular flexibility index (Phi) is 5.69. The molecule has 4 nitrogen and oxygen atoms in total. The summed E-state index contributed by atoms with van der Waals surface area (Å²) in [6, 6.07) is 5.93. The fraction of sp³-hybridized carbons (Fsp3) is 0.462. The maximum atomic E-state index is 12.3. The molecule has 2 atom stereocenters. The largest absolute Gasteiger partial charge is 0.434 e. The lowest BCUT2D eigenvalue weighted by Gasteiger charge is -2.19. The molecular formula is C13H18F2N2O2. The molecule has 0 aliphatic carbocycles. The average molecular weight is 272 g/mol. The van der Waals surface area contributed by atoms with E-state index in [0.717, 1.165) is 0 Å². The molecule has 1 rings (SSSR count). The average Bonchev–Trinajstić information content (AvgIpc) is 2.37. The second-order valence-corrected chi connectivity index (χ2v) is 4.28. The molecule has 0 fully saturated rings. The first-order valence-corrected chi connectivity index (χ1v) is 5.99. The van der Waals surface area contributed by atoms with E-state index in [1.807, 2.05) is 0 Å². The number of carbonyl (C=O) groups excluding carboxylic acids is 1.